The summed E-state index contributed by atoms with van der Waals surface area (Å²) in [5.41, 5.74) is 0.0861. The molecule has 0 unspecified atom stereocenters. The number of hydrogen-bond acceptors (Lipinski definition) is 3. The Morgan fingerprint density at radius 1 is 1.40 bits per heavy atom. The van der Waals surface area contributed by atoms with Gasteiger partial charge in [-0.2, -0.15) is 5.26 Å². The lowest BCUT2D eigenvalue weighted by Gasteiger charge is -2.21. The molecule has 3 rings (SSSR count). The van der Waals surface area contributed by atoms with E-state index >= 15 is 0 Å². The maximum absolute atomic E-state index is 12.2. The average molecular weight is 277 g/mol. The first-order chi connectivity index (χ1) is 9.72. The Labute approximate surface area is 120 Å². The standard InChI is InChI=1S/C15H23N3O2/c16-6-5-15(3-4-15)11-17-14(19)18-7-1-12(9-18)13-2-8-20-10-13/h12-13H,1-5,7-11H2,(H,17,19)/t12-,13-/m1/s1. The van der Waals surface area contributed by atoms with Crippen molar-refractivity contribution in [1.82, 2.24) is 10.2 Å². The monoisotopic (exact) mass is 277 g/mol. The fraction of sp³-hybridized carbons (Fsp3) is 0.867. The van der Waals surface area contributed by atoms with E-state index in [0.717, 1.165) is 52.0 Å². The molecule has 2 heterocycles. The van der Waals surface area contributed by atoms with E-state index < -0.39 is 0 Å². The molecule has 20 heavy (non-hydrogen) atoms. The Hall–Kier alpha value is -1.28. The van der Waals surface area contributed by atoms with Crippen LogP contribution in [-0.4, -0.2) is 43.8 Å². The molecule has 5 heteroatoms. The third-order valence-corrected chi connectivity index (χ3v) is 5.17. The van der Waals surface area contributed by atoms with Crippen molar-refractivity contribution in [2.45, 2.75) is 32.1 Å². The lowest BCUT2D eigenvalue weighted by atomic mass is 9.91. The van der Waals surface area contributed by atoms with Gasteiger partial charge in [-0.05, 0) is 37.5 Å². The normalized spacial score (nSPS) is 31.1. The number of amides is 2. The number of hydrogen-bond donors (Lipinski definition) is 1. The van der Waals surface area contributed by atoms with Crippen LogP contribution in [0.5, 0.6) is 0 Å². The van der Waals surface area contributed by atoms with Crippen molar-refractivity contribution in [3.05, 3.63) is 0 Å². The largest absolute Gasteiger partial charge is 0.381 e. The number of nitriles is 1. The average Bonchev–Trinajstić information content (AvgIpc) is 2.89. The molecule has 0 aromatic carbocycles. The van der Waals surface area contributed by atoms with Crippen molar-refractivity contribution in [2.24, 2.45) is 17.3 Å². The minimum absolute atomic E-state index is 0.0515. The highest BCUT2D eigenvalue weighted by Gasteiger charge is 2.43. The lowest BCUT2D eigenvalue weighted by Crippen LogP contribution is -2.41. The van der Waals surface area contributed by atoms with E-state index in [4.69, 9.17) is 10.00 Å². The molecule has 1 saturated carbocycles. The molecule has 1 N–H and O–H groups in total. The summed E-state index contributed by atoms with van der Waals surface area (Å²) in [5.74, 6) is 1.25. The highest BCUT2D eigenvalue weighted by molar-refractivity contribution is 5.74. The van der Waals surface area contributed by atoms with Crippen LogP contribution in [0.3, 0.4) is 0 Å². The van der Waals surface area contributed by atoms with Crippen LogP contribution in [0.1, 0.15) is 32.1 Å². The zero-order valence-electron chi connectivity index (χ0n) is 11.9. The minimum atomic E-state index is 0.0515. The SMILES string of the molecule is N#CCC1(CNC(=O)N2CC[C@@H]([C@@H]3CCOC3)C2)CC1. The van der Waals surface area contributed by atoms with Crippen LogP contribution in [0.2, 0.25) is 0 Å². The fourth-order valence-electron chi connectivity index (χ4n) is 3.42. The Morgan fingerprint density at radius 2 is 2.25 bits per heavy atom. The van der Waals surface area contributed by atoms with E-state index in [1.54, 1.807) is 0 Å². The van der Waals surface area contributed by atoms with E-state index in [2.05, 4.69) is 11.4 Å². The van der Waals surface area contributed by atoms with Crippen LogP contribution in [-0.2, 0) is 4.74 Å². The predicted octanol–water partition coefficient (Wildman–Crippen LogP) is 1.75. The fourth-order valence-corrected chi connectivity index (χ4v) is 3.42. The van der Waals surface area contributed by atoms with Crippen molar-refractivity contribution in [3.8, 4) is 6.07 Å². The summed E-state index contributed by atoms with van der Waals surface area (Å²) in [6, 6.07) is 2.28. The van der Waals surface area contributed by atoms with Gasteiger partial charge >= 0.3 is 6.03 Å². The third kappa shape index (κ3) is 2.90. The third-order valence-electron chi connectivity index (χ3n) is 5.17. The van der Waals surface area contributed by atoms with Gasteiger partial charge in [0.2, 0.25) is 0 Å². The summed E-state index contributed by atoms with van der Waals surface area (Å²) < 4.78 is 5.44. The Kier molecular flexibility index (Phi) is 3.84. The van der Waals surface area contributed by atoms with Gasteiger partial charge in [-0.25, -0.2) is 4.79 Å². The molecule has 0 aromatic heterocycles. The summed E-state index contributed by atoms with van der Waals surface area (Å²) in [4.78, 5) is 14.1. The quantitative estimate of drug-likeness (QED) is 0.851. The van der Waals surface area contributed by atoms with Gasteiger partial charge in [-0.3, -0.25) is 0 Å². The van der Waals surface area contributed by atoms with Crippen molar-refractivity contribution in [2.75, 3.05) is 32.8 Å². The topological polar surface area (TPSA) is 65.4 Å². The number of ether oxygens (including phenoxy) is 1. The van der Waals surface area contributed by atoms with Crippen molar-refractivity contribution < 1.29 is 9.53 Å². The number of nitrogens with one attached hydrogen (secondary N) is 1. The minimum Gasteiger partial charge on any atom is -0.381 e. The lowest BCUT2D eigenvalue weighted by molar-refractivity contribution is 0.170. The van der Waals surface area contributed by atoms with Crippen molar-refractivity contribution >= 4 is 6.03 Å². The van der Waals surface area contributed by atoms with Gasteiger partial charge in [-0.1, -0.05) is 0 Å². The molecule has 2 aliphatic heterocycles. The molecule has 2 saturated heterocycles. The van der Waals surface area contributed by atoms with Crippen LogP contribution in [0.25, 0.3) is 0 Å². The molecule has 3 aliphatic rings. The van der Waals surface area contributed by atoms with E-state index in [9.17, 15) is 4.79 Å². The number of likely N-dealkylation sites (tertiary alicyclic amines) is 1. The number of nitrogens with zero attached hydrogens (tertiary/aromatic N) is 2. The van der Waals surface area contributed by atoms with Gasteiger partial charge in [0.25, 0.3) is 0 Å². The second-order valence-corrected chi connectivity index (χ2v) is 6.61. The van der Waals surface area contributed by atoms with Gasteiger partial charge in [0.15, 0.2) is 0 Å². The molecule has 2 atom stereocenters. The van der Waals surface area contributed by atoms with Crippen LogP contribution >= 0.6 is 0 Å². The van der Waals surface area contributed by atoms with Crippen LogP contribution < -0.4 is 5.32 Å². The van der Waals surface area contributed by atoms with E-state index in [1.165, 1.54) is 0 Å². The van der Waals surface area contributed by atoms with E-state index in [-0.39, 0.29) is 11.4 Å². The first-order valence-corrected chi connectivity index (χ1v) is 7.70. The Morgan fingerprint density at radius 3 is 2.90 bits per heavy atom. The Balaban J connectivity index is 1.43. The molecule has 3 fully saturated rings. The zero-order valence-corrected chi connectivity index (χ0v) is 11.9. The second kappa shape index (κ2) is 5.61. The summed E-state index contributed by atoms with van der Waals surface area (Å²) >= 11 is 0. The molecular formula is C15H23N3O2. The number of urea groups is 1. The van der Waals surface area contributed by atoms with E-state index in [0.29, 0.717) is 24.8 Å². The molecular weight excluding hydrogens is 254 g/mol. The van der Waals surface area contributed by atoms with Gasteiger partial charge in [0.05, 0.1) is 6.07 Å². The van der Waals surface area contributed by atoms with Crippen LogP contribution in [0, 0.1) is 28.6 Å². The van der Waals surface area contributed by atoms with Gasteiger partial charge in [-0.15, -0.1) is 0 Å². The van der Waals surface area contributed by atoms with Gasteiger partial charge in [0.1, 0.15) is 0 Å². The number of rotatable bonds is 4. The molecule has 0 spiro atoms. The molecule has 0 radical (unpaired) electrons. The highest BCUT2D eigenvalue weighted by Crippen LogP contribution is 2.47. The molecule has 1 aliphatic carbocycles. The molecule has 2 amide bonds. The highest BCUT2D eigenvalue weighted by atomic mass is 16.5. The summed E-state index contributed by atoms with van der Waals surface area (Å²) in [6.07, 6.45) is 4.96. The zero-order chi connectivity index (χ0) is 14.0. The Bertz CT molecular complexity index is 408. The molecule has 0 bridgehead atoms. The van der Waals surface area contributed by atoms with Gasteiger partial charge in [0, 0.05) is 44.7 Å². The molecule has 0 aromatic rings. The number of carbonyl (C=O) groups is 1. The first-order valence-electron chi connectivity index (χ1n) is 7.70. The molecule has 5 nitrogen and oxygen atoms in total. The molecule has 110 valence electrons. The summed E-state index contributed by atoms with van der Waals surface area (Å²) in [5, 5.41) is 11.8. The maximum atomic E-state index is 12.2. The second-order valence-electron chi connectivity index (χ2n) is 6.61. The van der Waals surface area contributed by atoms with Crippen molar-refractivity contribution in [3.63, 3.8) is 0 Å². The van der Waals surface area contributed by atoms with Gasteiger partial charge < -0.3 is 15.0 Å². The van der Waals surface area contributed by atoms with Crippen LogP contribution in [0.15, 0.2) is 0 Å². The predicted molar refractivity (Wildman–Crippen MR) is 73.9 cm³/mol. The summed E-state index contributed by atoms with van der Waals surface area (Å²) in [7, 11) is 0. The summed E-state index contributed by atoms with van der Waals surface area (Å²) in [6.45, 7) is 4.13. The number of carbonyl (C=O) groups excluding carboxylic acids is 1. The smallest absolute Gasteiger partial charge is 0.317 e. The first kappa shape index (κ1) is 13.7. The van der Waals surface area contributed by atoms with Crippen LogP contribution in [0.4, 0.5) is 4.79 Å². The van der Waals surface area contributed by atoms with E-state index in [1.807, 2.05) is 4.90 Å². The maximum Gasteiger partial charge on any atom is 0.317 e. The van der Waals surface area contributed by atoms with Crippen molar-refractivity contribution in [1.29, 1.82) is 5.26 Å².